The molecule has 0 heteroatoms. The van der Waals surface area contributed by atoms with E-state index in [9.17, 15) is 0 Å². The molecule has 0 bridgehead atoms. The van der Waals surface area contributed by atoms with Crippen LogP contribution in [-0.2, 0) is 51.4 Å². The van der Waals surface area contributed by atoms with Gasteiger partial charge in [-0.05, 0) is 190 Å². The van der Waals surface area contributed by atoms with E-state index in [0.29, 0.717) is 0 Å². The van der Waals surface area contributed by atoms with Gasteiger partial charge in [-0.1, -0.05) is 55.4 Å². The monoisotopic (exact) mass is 532 g/mol. The van der Waals surface area contributed by atoms with E-state index >= 15 is 0 Å². The van der Waals surface area contributed by atoms with Crippen LogP contribution in [0.3, 0.4) is 0 Å². The second-order valence-electron chi connectivity index (χ2n) is 12.2. The number of aryl methyl sites for hydroxylation is 8. The molecule has 0 spiro atoms. The average Bonchev–Trinajstić information content (AvgIpc) is 2.95. The molecule has 40 heavy (non-hydrogen) atoms. The molecule has 0 saturated carbocycles. The van der Waals surface area contributed by atoms with Crippen LogP contribution in [0.25, 0.3) is 43.8 Å². The van der Waals surface area contributed by atoms with Crippen LogP contribution in [0.2, 0.25) is 0 Å². The molecule has 1 aliphatic carbocycles. The number of hydrogen-bond donors (Lipinski definition) is 0. The van der Waals surface area contributed by atoms with Gasteiger partial charge in [0.2, 0.25) is 0 Å². The van der Waals surface area contributed by atoms with E-state index in [4.69, 9.17) is 0 Å². The van der Waals surface area contributed by atoms with Crippen LogP contribution in [-0.4, -0.2) is 0 Å². The van der Waals surface area contributed by atoms with Crippen molar-refractivity contribution >= 4 is 21.5 Å². The molecule has 0 aliphatic heterocycles. The summed E-state index contributed by atoms with van der Waals surface area (Å²) in [4.78, 5) is 0. The zero-order valence-electron chi connectivity index (χ0n) is 27.7. The van der Waals surface area contributed by atoms with Crippen LogP contribution >= 0.6 is 0 Å². The summed E-state index contributed by atoms with van der Waals surface area (Å²) >= 11 is 0. The molecular formula is C40H52. The molecule has 4 aromatic carbocycles. The minimum atomic E-state index is 1.11. The van der Waals surface area contributed by atoms with Crippen molar-refractivity contribution in [3.05, 3.63) is 66.8 Å². The Hall–Kier alpha value is -2.60. The van der Waals surface area contributed by atoms with Gasteiger partial charge >= 0.3 is 0 Å². The Morgan fingerprint density at radius 1 is 0.250 bits per heavy atom. The summed E-state index contributed by atoms with van der Waals surface area (Å²) in [6, 6.07) is 0. The minimum absolute atomic E-state index is 1.11. The molecule has 0 atom stereocenters. The first kappa shape index (κ1) is 28.9. The van der Waals surface area contributed by atoms with Gasteiger partial charge in [-0.2, -0.15) is 0 Å². The maximum absolute atomic E-state index is 2.45. The van der Waals surface area contributed by atoms with E-state index in [1.807, 2.05) is 0 Å². The van der Waals surface area contributed by atoms with Crippen LogP contribution in [0.4, 0.5) is 0 Å². The summed E-state index contributed by atoms with van der Waals surface area (Å²) in [5, 5.41) is 6.31. The van der Waals surface area contributed by atoms with Gasteiger partial charge in [-0.25, -0.2) is 0 Å². The lowest BCUT2D eigenvalue weighted by Crippen LogP contribution is -2.15. The van der Waals surface area contributed by atoms with E-state index < -0.39 is 0 Å². The van der Waals surface area contributed by atoms with Crippen LogP contribution in [0.5, 0.6) is 0 Å². The van der Waals surface area contributed by atoms with E-state index in [2.05, 4.69) is 83.1 Å². The summed E-state index contributed by atoms with van der Waals surface area (Å²) in [6.07, 6.45) is 8.95. The molecule has 0 unspecified atom stereocenters. The molecule has 1 aliphatic rings. The Balaban J connectivity index is 2.04. The fourth-order valence-electron chi connectivity index (χ4n) is 9.30. The molecular weight excluding hydrogens is 480 g/mol. The quantitative estimate of drug-likeness (QED) is 0.186. The molecule has 0 amide bonds. The lowest BCUT2D eigenvalue weighted by atomic mass is 9.66. The number of fused-ring (bicyclic) bond motifs is 6. The lowest BCUT2D eigenvalue weighted by molar-refractivity contribution is 0.957. The van der Waals surface area contributed by atoms with Crippen molar-refractivity contribution in [3.8, 4) is 22.3 Å². The van der Waals surface area contributed by atoms with Gasteiger partial charge in [0.25, 0.3) is 0 Å². The minimum Gasteiger partial charge on any atom is -0.0613 e. The molecule has 0 radical (unpaired) electrons. The fourth-order valence-corrected chi connectivity index (χ4v) is 9.30. The molecule has 0 fully saturated rings. The van der Waals surface area contributed by atoms with Crippen molar-refractivity contribution in [1.82, 2.24) is 0 Å². The molecule has 4 aromatic rings. The van der Waals surface area contributed by atoms with Crippen molar-refractivity contribution in [3.63, 3.8) is 0 Å². The first-order valence-corrected chi connectivity index (χ1v) is 16.5. The zero-order valence-corrected chi connectivity index (χ0v) is 27.7. The Bertz CT molecular complexity index is 1420. The molecule has 0 saturated heterocycles. The van der Waals surface area contributed by atoms with Crippen LogP contribution in [0.1, 0.15) is 122 Å². The van der Waals surface area contributed by atoms with Crippen molar-refractivity contribution in [2.75, 3.05) is 0 Å². The fraction of sp³-hybridized carbons (Fsp3) is 0.500. The standard InChI is InChI=1S/C40H52/c1-13-25-26(14-2)30(18-6)34-22(10)38-37(21(9)33(34)29(25)17-5)39-23(11)35-31(19-7)27(15-3)28(16-4)32(20-8)36(35)24(12)40(38)39/h13-20H2,1-12H3. The van der Waals surface area contributed by atoms with Crippen molar-refractivity contribution in [1.29, 1.82) is 0 Å². The molecule has 0 nitrogen and oxygen atoms in total. The maximum atomic E-state index is 2.45. The second kappa shape index (κ2) is 10.7. The highest BCUT2D eigenvalue weighted by molar-refractivity contribution is 6.20. The Morgan fingerprint density at radius 2 is 0.400 bits per heavy atom. The Labute approximate surface area is 244 Å². The predicted octanol–water partition coefficient (Wildman–Crippen LogP) is 11.4. The Kier molecular flexibility index (Phi) is 7.71. The van der Waals surface area contributed by atoms with Crippen LogP contribution in [0.15, 0.2) is 0 Å². The number of hydrogen-bond acceptors (Lipinski definition) is 0. The van der Waals surface area contributed by atoms with Crippen LogP contribution < -0.4 is 0 Å². The highest BCUT2D eigenvalue weighted by Gasteiger charge is 2.36. The highest BCUT2D eigenvalue weighted by Crippen LogP contribution is 2.59. The van der Waals surface area contributed by atoms with Crippen molar-refractivity contribution in [2.24, 2.45) is 0 Å². The molecule has 212 valence electrons. The highest BCUT2D eigenvalue weighted by atomic mass is 14.4. The topological polar surface area (TPSA) is 0 Å². The third-order valence-electron chi connectivity index (χ3n) is 10.7. The SMILES string of the molecule is CCc1c(CC)c(CC)c2c(C)c3c(c(C)c2c1CC)-c1c-3c(C)c2c(CC)c(CC)c(CC)c(CC)c2c1C. The van der Waals surface area contributed by atoms with Gasteiger partial charge in [-0.15, -0.1) is 0 Å². The van der Waals surface area contributed by atoms with Crippen LogP contribution in [0, 0.1) is 27.7 Å². The summed E-state index contributed by atoms with van der Waals surface area (Å²) in [7, 11) is 0. The van der Waals surface area contributed by atoms with E-state index in [-0.39, 0.29) is 0 Å². The smallest absolute Gasteiger partial charge is 0.00574 e. The normalized spacial score (nSPS) is 12.3. The van der Waals surface area contributed by atoms with E-state index in [0.717, 1.165) is 51.4 Å². The third kappa shape index (κ3) is 3.50. The largest absolute Gasteiger partial charge is 0.0613 e. The summed E-state index contributed by atoms with van der Waals surface area (Å²) in [5.74, 6) is 0. The van der Waals surface area contributed by atoms with Gasteiger partial charge in [0.05, 0.1) is 0 Å². The summed E-state index contributed by atoms with van der Waals surface area (Å²) < 4.78 is 0. The number of benzene rings is 4. The first-order chi connectivity index (χ1) is 19.2. The lowest BCUT2D eigenvalue weighted by Gasteiger charge is -2.37. The predicted molar refractivity (Wildman–Crippen MR) is 180 cm³/mol. The third-order valence-corrected chi connectivity index (χ3v) is 10.7. The molecule has 0 heterocycles. The molecule has 0 N–H and O–H groups in total. The van der Waals surface area contributed by atoms with Gasteiger partial charge in [0, 0.05) is 0 Å². The van der Waals surface area contributed by atoms with Gasteiger partial charge in [0.1, 0.15) is 0 Å². The summed E-state index contributed by atoms with van der Waals surface area (Å²) in [5.41, 5.74) is 25.3. The average molecular weight is 533 g/mol. The zero-order chi connectivity index (χ0) is 29.2. The van der Waals surface area contributed by atoms with Gasteiger partial charge in [-0.3, -0.25) is 0 Å². The molecule has 5 rings (SSSR count). The first-order valence-electron chi connectivity index (χ1n) is 16.5. The second-order valence-corrected chi connectivity index (χ2v) is 12.2. The van der Waals surface area contributed by atoms with Gasteiger partial charge in [0.15, 0.2) is 0 Å². The van der Waals surface area contributed by atoms with Gasteiger partial charge < -0.3 is 0 Å². The maximum Gasteiger partial charge on any atom is -0.00574 e. The Morgan fingerprint density at radius 3 is 0.525 bits per heavy atom. The van der Waals surface area contributed by atoms with E-state index in [1.165, 1.54) is 22.3 Å². The molecule has 0 aromatic heterocycles. The van der Waals surface area contributed by atoms with Crippen molar-refractivity contribution in [2.45, 2.75) is 134 Å². The van der Waals surface area contributed by atoms with Crippen molar-refractivity contribution < 1.29 is 0 Å². The summed E-state index contributed by atoms with van der Waals surface area (Å²) in [6.45, 7) is 28.8. The number of rotatable bonds is 8. The van der Waals surface area contributed by atoms with E-state index in [1.54, 1.807) is 88.3 Å².